The summed E-state index contributed by atoms with van der Waals surface area (Å²) in [6.45, 7) is 3.08. The van der Waals surface area contributed by atoms with Crippen molar-refractivity contribution in [2.75, 3.05) is 0 Å². The second-order valence-electron chi connectivity index (χ2n) is 4.50. The highest BCUT2D eigenvalue weighted by Crippen LogP contribution is 2.25. The molecule has 1 aliphatic rings. The van der Waals surface area contributed by atoms with Crippen LogP contribution < -0.4 is 5.32 Å². The van der Waals surface area contributed by atoms with Crippen molar-refractivity contribution in [1.82, 2.24) is 5.32 Å². The van der Waals surface area contributed by atoms with Crippen LogP contribution in [0.2, 0.25) is 0 Å². The van der Waals surface area contributed by atoms with Gasteiger partial charge in [-0.15, -0.1) is 11.3 Å². The van der Waals surface area contributed by atoms with Crippen molar-refractivity contribution in [2.24, 2.45) is 5.92 Å². The summed E-state index contributed by atoms with van der Waals surface area (Å²) in [7, 11) is 0. The van der Waals surface area contributed by atoms with Gasteiger partial charge in [-0.3, -0.25) is 0 Å². The zero-order chi connectivity index (χ0) is 11.5. The van der Waals surface area contributed by atoms with Gasteiger partial charge in [-0.2, -0.15) is 0 Å². The Bertz CT molecular complexity index is 375. The van der Waals surface area contributed by atoms with Crippen molar-refractivity contribution in [3.05, 3.63) is 21.9 Å². The SMILES string of the molecule is CC1CCCC1NCc1cc(C(=O)O)cs1. The fourth-order valence-electron chi connectivity index (χ4n) is 2.27. The molecule has 1 aromatic rings. The summed E-state index contributed by atoms with van der Waals surface area (Å²) in [4.78, 5) is 11.8. The molecular weight excluding hydrogens is 222 g/mol. The van der Waals surface area contributed by atoms with E-state index in [1.807, 2.05) is 0 Å². The lowest BCUT2D eigenvalue weighted by Gasteiger charge is -2.16. The number of carbonyl (C=O) groups is 1. The molecule has 0 amide bonds. The van der Waals surface area contributed by atoms with Crippen LogP contribution in [-0.4, -0.2) is 17.1 Å². The highest BCUT2D eigenvalue weighted by Gasteiger charge is 2.22. The van der Waals surface area contributed by atoms with Crippen molar-refractivity contribution in [3.63, 3.8) is 0 Å². The van der Waals surface area contributed by atoms with E-state index in [0.29, 0.717) is 11.6 Å². The van der Waals surface area contributed by atoms with E-state index in [-0.39, 0.29) is 0 Å². The summed E-state index contributed by atoms with van der Waals surface area (Å²) in [6, 6.07) is 2.37. The van der Waals surface area contributed by atoms with E-state index in [4.69, 9.17) is 5.11 Å². The van der Waals surface area contributed by atoms with Crippen LogP contribution in [0.4, 0.5) is 0 Å². The predicted molar refractivity (Wildman–Crippen MR) is 64.9 cm³/mol. The Morgan fingerprint density at radius 2 is 2.44 bits per heavy atom. The lowest BCUT2D eigenvalue weighted by atomic mass is 10.1. The lowest BCUT2D eigenvalue weighted by Crippen LogP contribution is -2.30. The van der Waals surface area contributed by atoms with E-state index in [9.17, 15) is 4.79 Å². The molecule has 2 atom stereocenters. The monoisotopic (exact) mass is 239 g/mol. The van der Waals surface area contributed by atoms with Crippen molar-refractivity contribution < 1.29 is 9.90 Å². The third-order valence-corrected chi connectivity index (χ3v) is 4.24. The quantitative estimate of drug-likeness (QED) is 0.849. The molecule has 0 saturated heterocycles. The van der Waals surface area contributed by atoms with Crippen molar-refractivity contribution in [1.29, 1.82) is 0 Å². The van der Waals surface area contributed by atoms with Gasteiger partial charge in [0.05, 0.1) is 5.56 Å². The Balaban J connectivity index is 1.87. The van der Waals surface area contributed by atoms with E-state index < -0.39 is 5.97 Å². The third kappa shape index (κ3) is 2.62. The van der Waals surface area contributed by atoms with E-state index in [1.165, 1.54) is 30.6 Å². The average molecular weight is 239 g/mol. The van der Waals surface area contributed by atoms with Crippen LogP contribution in [-0.2, 0) is 6.54 Å². The molecule has 0 spiro atoms. The molecule has 0 radical (unpaired) electrons. The zero-order valence-electron chi connectivity index (χ0n) is 9.40. The molecule has 4 heteroatoms. The predicted octanol–water partition coefficient (Wildman–Crippen LogP) is 2.72. The van der Waals surface area contributed by atoms with Gasteiger partial charge in [0.1, 0.15) is 0 Å². The molecule has 1 fully saturated rings. The van der Waals surface area contributed by atoms with Crippen LogP contribution in [0.25, 0.3) is 0 Å². The van der Waals surface area contributed by atoms with Crippen LogP contribution >= 0.6 is 11.3 Å². The molecule has 1 heterocycles. The molecule has 88 valence electrons. The summed E-state index contributed by atoms with van der Waals surface area (Å²) >= 11 is 1.52. The number of nitrogens with one attached hydrogen (secondary N) is 1. The lowest BCUT2D eigenvalue weighted by molar-refractivity contribution is 0.0697. The van der Waals surface area contributed by atoms with E-state index in [0.717, 1.165) is 17.3 Å². The van der Waals surface area contributed by atoms with Gasteiger partial charge in [-0.05, 0) is 24.8 Å². The number of carboxylic acids is 1. The smallest absolute Gasteiger partial charge is 0.336 e. The molecule has 1 aromatic heterocycles. The first kappa shape index (κ1) is 11.6. The molecule has 16 heavy (non-hydrogen) atoms. The molecule has 1 aliphatic carbocycles. The van der Waals surface area contributed by atoms with Crippen LogP contribution in [0.1, 0.15) is 41.4 Å². The third-order valence-electron chi connectivity index (χ3n) is 3.30. The van der Waals surface area contributed by atoms with Gasteiger partial charge < -0.3 is 10.4 Å². The van der Waals surface area contributed by atoms with Gasteiger partial charge in [0.25, 0.3) is 0 Å². The minimum atomic E-state index is -0.836. The number of hydrogen-bond acceptors (Lipinski definition) is 3. The molecule has 0 aliphatic heterocycles. The van der Waals surface area contributed by atoms with E-state index in [1.54, 1.807) is 11.4 Å². The van der Waals surface area contributed by atoms with Crippen LogP contribution in [0.15, 0.2) is 11.4 Å². The topological polar surface area (TPSA) is 49.3 Å². The summed E-state index contributed by atoms with van der Waals surface area (Å²) < 4.78 is 0. The van der Waals surface area contributed by atoms with Crippen LogP contribution in [0, 0.1) is 5.92 Å². The maximum atomic E-state index is 10.7. The zero-order valence-corrected chi connectivity index (χ0v) is 10.2. The summed E-state index contributed by atoms with van der Waals surface area (Å²) in [5, 5.41) is 14.0. The number of rotatable bonds is 4. The van der Waals surface area contributed by atoms with Gasteiger partial charge in [0.2, 0.25) is 0 Å². The fourth-order valence-corrected chi connectivity index (χ4v) is 3.07. The fraction of sp³-hybridized carbons (Fsp3) is 0.583. The molecule has 2 rings (SSSR count). The number of thiophene rings is 1. The first-order chi connectivity index (χ1) is 7.66. The standard InChI is InChI=1S/C12H17NO2S/c1-8-3-2-4-11(8)13-6-10-5-9(7-16-10)12(14)15/h5,7-8,11,13H,2-4,6H2,1H3,(H,14,15). The molecular formula is C12H17NO2S. The van der Waals surface area contributed by atoms with Crippen molar-refractivity contribution >= 4 is 17.3 Å². The van der Waals surface area contributed by atoms with Crippen molar-refractivity contribution in [2.45, 2.75) is 38.8 Å². The Morgan fingerprint density at radius 3 is 3.00 bits per heavy atom. The summed E-state index contributed by atoms with van der Waals surface area (Å²) in [5.74, 6) is -0.0874. The number of aromatic carboxylic acids is 1. The maximum absolute atomic E-state index is 10.7. The van der Waals surface area contributed by atoms with Gasteiger partial charge in [-0.1, -0.05) is 13.3 Å². The molecule has 1 saturated carbocycles. The number of hydrogen-bond donors (Lipinski definition) is 2. The average Bonchev–Trinajstić information content (AvgIpc) is 2.83. The Labute approximate surface area is 99.5 Å². The second-order valence-corrected chi connectivity index (χ2v) is 5.50. The van der Waals surface area contributed by atoms with Gasteiger partial charge >= 0.3 is 5.97 Å². The largest absolute Gasteiger partial charge is 0.478 e. The number of carboxylic acid groups (broad SMARTS) is 1. The minimum Gasteiger partial charge on any atom is -0.478 e. The highest BCUT2D eigenvalue weighted by molar-refractivity contribution is 7.10. The molecule has 0 bridgehead atoms. The Hall–Kier alpha value is -0.870. The van der Waals surface area contributed by atoms with Gasteiger partial charge in [-0.25, -0.2) is 4.79 Å². The summed E-state index contributed by atoms with van der Waals surface area (Å²) in [6.07, 6.45) is 3.87. The molecule has 2 N–H and O–H groups in total. The maximum Gasteiger partial charge on any atom is 0.336 e. The van der Waals surface area contributed by atoms with Crippen LogP contribution in [0.3, 0.4) is 0 Å². The Morgan fingerprint density at radius 1 is 1.62 bits per heavy atom. The van der Waals surface area contributed by atoms with Gasteiger partial charge in [0, 0.05) is 22.8 Å². The Kier molecular flexibility index (Phi) is 3.61. The highest BCUT2D eigenvalue weighted by atomic mass is 32.1. The van der Waals surface area contributed by atoms with E-state index >= 15 is 0 Å². The second kappa shape index (κ2) is 4.97. The first-order valence-electron chi connectivity index (χ1n) is 5.71. The molecule has 2 unspecified atom stereocenters. The normalized spacial score (nSPS) is 24.8. The molecule has 3 nitrogen and oxygen atoms in total. The first-order valence-corrected chi connectivity index (χ1v) is 6.59. The van der Waals surface area contributed by atoms with Gasteiger partial charge in [0.15, 0.2) is 0 Å². The summed E-state index contributed by atoms with van der Waals surface area (Å²) in [5.41, 5.74) is 0.404. The molecule has 0 aromatic carbocycles. The van der Waals surface area contributed by atoms with Crippen molar-refractivity contribution in [3.8, 4) is 0 Å². The van der Waals surface area contributed by atoms with E-state index in [2.05, 4.69) is 12.2 Å². The minimum absolute atomic E-state index is 0.404. The van der Waals surface area contributed by atoms with Crippen LogP contribution in [0.5, 0.6) is 0 Å².